The number of nitrogens with zero attached hydrogens (tertiary/aromatic N) is 2. The number of aliphatic hydroxyl groups excluding tert-OH is 2. The fraction of sp³-hybridized carbons (Fsp3) is 0.872. The topological polar surface area (TPSA) is 157 Å². The van der Waals surface area contributed by atoms with E-state index in [1.54, 1.807) is 20.8 Å². The molecule has 2 rings (SSSR count). The standard InChI is InChI=1S/C39H68N2O10/c1-14-18-20-41(12)29-21-24(6)48-37(33(29)43)50-35-26(8)32(42)27(9)36(45)49-30(17-4)39(11,46)34(44)25(7)31(23(5)22-38(35,10)47-13)40-51-28(16-3)19-15-2/h1,23-30,33-35,37,43-44,46H,15-22H2,2-13H3/b40-31+/t23-,24-,25+,26+,27-,28+,29+,30-,33-,34-,35-,37+,38-,39-/m1/s1. The van der Waals surface area contributed by atoms with Gasteiger partial charge in [0.1, 0.15) is 29.8 Å². The summed E-state index contributed by atoms with van der Waals surface area (Å²) in [5.74, 6) is -2.00. The highest BCUT2D eigenvalue weighted by molar-refractivity contribution is 6.00. The Morgan fingerprint density at radius 2 is 1.75 bits per heavy atom. The smallest absolute Gasteiger partial charge is 0.316 e. The Morgan fingerprint density at radius 1 is 1.10 bits per heavy atom. The summed E-state index contributed by atoms with van der Waals surface area (Å²) in [5.41, 5.74) is -2.63. The van der Waals surface area contributed by atoms with E-state index in [9.17, 15) is 24.9 Å². The first-order valence-electron chi connectivity index (χ1n) is 18.9. The molecule has 0 amide bonds. The van der Waals surface area contributed by atoms with Gasteiger partial charge < -0.3 is 39.1 Å². The number of oxime groups is 1. The first-order valence-corrected chi connectivity index (χ1v) is 18.9. The summed E-state index contributed by atoms with van der Waals surface area (Å²) < 4.78 is 24.9. The van der Waals surface area contributed by atoms with E-state index in [-0.39, 0.29) is 31.1 Å². The van der Waals surface area contributed by atoms with Gasteiger partial charge in [-0.05, 0) is 66.8 Å². The Kier molecular flexibility index (Phi) is 17.5. The Labute approximate surface area is 306 Å². The molecule has 2 heterocycles. The maximum Gasteiger partial charge on any atom is 0.316 e. The summed E-state index contributed by atoms with van der Waals surface area (Å²) in [7, 11) is 3.42. The van der Waals surface area contributed by atoms with Gasteiger partial charge in [0.05, 0.1) is 29.6 Å². The molecule has 0 unspecified atom stereocenters. The highest BCUT2D eigenvalue weighted by Crippen LogP contribution is 2.39. The van der Waals surface area contributed by atoms with Crippen LogP contribution in [0.5, 0.6) is 0 Å². The van der Waals surface area contributed by atoms with Crippen LogP contribution in [-0.4, -0.2) is 119 Å². The molecule has 12 nitrogen and oxygen atoms in total. The molecule has 294 valence electrons. The van der Waals surface area contributed by atoms with E-state index in [4.69, 9.17) is 30.2 Å². The zero-order chi connectivity index (χ0) is 38.8. The molecule has 0 saturated carbocycles. The van der Waals surface area contributed by atoms with Crippen LogP contribution >= 0.6 is 0 Å². The monoisotopic (exact) mass is 724 g/mol. The Morgan fingerprint density at radius 3 is 2.29 bits per heavy atom. The molecule has 14 atom stereocenters. The van der Waals surface area contributed by atoms with Gasteiger partial charge in [-0.25, -0.2) is 0 Å². The predicted molar refractivity (Wildman–Crippen MR) is 196 cm³/mol. The normalized spacial score (nSPS) is 40.4. The van der Waals surface area contributed by atoms with Gasteiger partial charge in [0.15, 0.2) is 12.1 Å². The number of carbonyl (C=O) groups is 2. The Bertz CT molecular complexity index is 1190. The molecule has 0 radical (unpaired) electrons. The van der Waals surface area contributed by atoms with Crippen molar-refractivity contribution in [3.8, 4) is 12.3 Å². The molecule has 12 heteroatoms. The van der Waals surface area contributed by atoms with Gasteiger partial charge in [0.25, 0.3) is 0 Å². The summed E-state index contributed by atoms with van der Waals surface area (Å²) in [6.07, 6.45) is 3.19. The lowest BCUT2D eigenvalue weighted by molar-refractivity contribution is -0.295. The Balaban J connectivity index is 2.74. The van der Waals surface area contributed by atoms with Gasteiger partial charge in [0, 0.05) is 43.9 Å². The third-order valence-corrected chi connectivity index (χ3v) is 11.2. The van der Waals surface area contributed by atoms with Crippen LogP contribution in [0.15, 0.2) is 5.16 Å². The highest BCUT2D eigenvalue weighted by Gasteiger charge is 2.51. The van der Waals surface area contributed by atoms with E-state index in [0.29, 0.717) is 25.1 Å². The molecule has 0 aromatic carbocycles. The van der Waals surface area contributed by atoms with Crippen LogP contribution in [0.2, 0.25) is 0 Å². The predicted octanol–water partition coefficient (Wildman–Crippen LogP) is 4.50. The van der Waals surface area contributed by atoms with Gasteiger partial charge in [-0.3, -0.25) is 14.5 Å². The van der Waals surface area contributed by atoms with Gasteiger partial charge >= 0.3 is 5.97 Å². The highest BCUT2D eigenvalue weighted by atomic mass is 16.7. The van der Waals surface area contributed by atoms with Crippen LogP contribution in [0, 0.1) is 36.0 Å². The average Bonchev–Trinajstić information content (AvgIpc) is 3.10. The lowest BCUT2D eigenvalue weighted by Gasteiger charge is -2.47. The van der Waals surface area contributed by atoms with Crippen molar-refractivity contribution in [1.29, 1.82) is 0 Å². The second kappa shape index (κ2) is 19.8. The lowest BCUT2D eigenvalue weighted by Crippen LogP contribution is -2.60. The third-order valence-electron chi connectivity index (χ3n) is 11.2. The number of esters is 1. The fourth-order valence-electron chi connectivity index (χ4n) is 7.74. The summed E-state index contributed by atoms with van der Waals surface area (Å²) >= 11 is 0. The van der Waals surface area contributed by atoms with Crippen molar-refractivity contribution in [1.82, 2.24) is 4.90 Å². The Hall–Kier alpha value is -2.11. The maximum absolute atomic E-state index is 14.2. The van der Waals surface area contributed by atoms with Gasteiger partial charge in [-0.2, -0.15) is 0 Å². The molecule has 0 aromatic rings. The van der Waals surface area contributed by atoms with Crippen LogP contribution in [0.25, 0.3) is 0 Å². The van der Waals surface area contributed by atoms with Crippen molar-refractivity contribution in [3.63, 3.8) is 0 Å². The van der Waals surface area contributed by atoms with E-state index in [2.05, 4.69) is 18.0 Å². The minimum Gasteiger partial charge on any atom is -0.459 e. The molecule has 3 N–H and O–H groups in total. The average molecular weight is 725 g/mol. The number of rotatable bonds is 12. The molecule has 0 bridgehead atoms. The molecule has 2 saturated heterocycles. The quantitative estimate of drug-likeness (QED) is 0.113. The van der Waals surface area contributed by atoms with E-state index >= 15 is 0 Å². The number of likely N-dealkylation sites (N-methyl/N-ethyl adjacent to an activating group) is 1. The number of hydrogen-bond acceptors (Lipinski definition) is 12. The molecule has 2 fully saturated rings. The van der Waals surface area contributed by atoms with Crippen molar-refractivity contribution >= 4 is 17.5 Å². The number of Topliss-reactive ketones (excluding diaryl/α,β-unsaturated/α-hetero) is 1. The first-order chi connectivity index (χ1) is 23.8. The van der Waals surface area contributed by atoms with E-state index < -0.39 is 77.3 Å². The van der Waals surface area contributed by atoms with Crippen LogP contribution < -0.4 is 0 Å². The number of methoxy groups -OCH3 is 1. The van der Waals surface area contributed by atoms with Gasteiger partial charge in [-0.15, -0.1) is 12.3 Å². The van der Waals surface area contributed by atoms with Crippen molar-refractivity contribution in [3.05, 3.63) is 0 Å². The number of ether oxygens (including phenoxy) is 4. The molecular weight excluding hydrogens is 656 g/mol. The van der Waals surface area contributed by atoms with Gasteiger partial charge in [-0.1, -0.05) is 53.1 Å². The number of hydrogen-bond donors (Lipinski definition) is 3. The molecule has 0 spiro atoms. The zero-order valence-corrected chi connectivity index (χ0v) is 33.3. The largest absolute Gasteiger partial charge is 0.459 e. The molecule has 0 aromatic heterocycles. The molecule has 0 aliphatic carbocycles. The van der Waals surface area contributed by atoms with Crippen molar-refractivity contribution in [2.45, 2.75) is 174 Å². The van der Waals surface area contributed by atoms with Crippen LogP contribution in [0.1, 0.15) is 114 Å². The molecule has 2 aliphatic heterocycles. The van der Waals surface area contributed by atoms with E-state index in [0.717, 1.165) is 19.3 Å². The number of carbonyl (C=O) groups excluding carboxylic acids is 2. The summed E-state index contributed by atoms with van der Waals surface area (Å²) in [6.45, 7) is 18.4. The minimum atomic E-state index is -1.89. The lowest BCUT2D eigenvalue weighted by atomic mass is 9.74. The number of ketones is 1. The second-order valence-corrected chi connectivity index (χ2v) is 15.4. The maximum atomic E-state index is 14.2. The van der Waals surface area contributed by atoms with Crippen molar-refractivity contribution in [2.24, 2.45) is 28.8 Å². The first kappa shape index (κ1) is 45.0. The number of aliphatic hydroxyl groups is 3. The third kappa shape index (κ3) is 11.0. The molecule has 2 aliphatic rings. The molecule has 51 heavy (non-hydrogen) atoms. The van der Waals surface area contributed by atoms with E-state index in [1.807, 2.05) is 39.6 Å². The van der Waals surface area contributed by atoms with Crippen LogP contribution in [0.3, 0.4) is 0 Å². The fourth-order valence-corrected chi connectivity index (χ4v) is 7.74. The second-order valence-electron chi connectivity index (χ2n) is 15.4. The van der Waals surface area contributed by atoms with E-state index in [1.165, 1.54) is 21.0 Å². The van der Waals surface area contributed by atoms with Crippen LogP contribution in [-0.2, 0) is 33.4 Å². The SMILES string of the molecule is C#CCCN(C)[C@H]1C[C@@H](C)O[C@@H](O[C@@H]2[C@@H](C)C(=O)[C@@H](C)C(=O)O[C@H](CC)[C@@](C)(O)[C@H](O)[C@@H](C)/C(=N/O[C@@H](CC)CCC)[C@H](C)C[C@@]2(C)OC)[C@@H]1O. The number of cyclic esters (lactones) is 1. The molecular formula is C39H68N2O10. The summed E-state index contributed by atoms with van der Waals surface area (Å²) in [5, 5.41) is 39.8. The van der Waals surface area contributed by atoms with Gasteiger partial charge in [0.2, 0.25) is 0 Å². The number of terminal acetylenes is 1. The summed E-state index contributed by atoms with van der Waals surface area (Å²) in [6, 6.07) is -0.329. The summed E-state index contributed by atoms with van der Waals surface area (Å²) in [4.78, 5) is 35.8. The minimum absolute atomic E-state index is 0.153. The van der Waals surface area contributed by atoms with Crippen LogP contribution in [0.4, 0.5) is 0 Å². The zero-order valence-electron chi connectivity index (χ0n) is 33.3. The van der Waals surface area contributed by atoms with Crippen molar-refractivity contribution < 1.29 is 48.7 Å². The van der Waals surface area contributed by atoms with Crippen molar-refractivity contribution in [2.75, 3.05) is 20.7 Å².